The minimum Gasteiger partial charge on any atom is -0.394 e. The third kappa shape index (κ3) is 6.28. The number of fused-ring (bicyclic) bond motifs is 3. The Kier molecular flexibility index (Phi) is 9.82. The Balaban J connectivity index is 1.25. The van der Waals surface area contributed by atoms with E-state index in [1.165, 1.54) is 30.1 Å². The Bertz CT molecular complexity index is 1900. The summed E-state index contributed by atoms with van der Waals surface area (Å²) in [5, 5.41) is 53.3. The van der Waals surface area contributed by atoms with E-state index in [9.17, 15) is 39.9 Å². The number of amides is 3. The summed E-state index contributed by atoms with van der Waals surface area (Å²) in [6.45, 7) is 4.82. The highest BCUT2D eigenvalue weighted by molar-refractivity contribution is 6.72. The molecule has 0 aromatic heterocycles. The van der Waals surface area contributed by atoms with Gasteiger partial charge in [0, 0.05) is 34.9 Å². The number of nitrogens with zero attached hydrogens (tertiary/aromatic N) is 2. The van der Waals surface area contributed by atoms with Crippen LogP contribution in [0, 0.1) is 5.92 Å². The smallest absolute Gasteiger partial charge is 0.268 e. The summed E-state index contributed by atoms with van der Waals surface area (Å²) in [4.78, 5) is 45.5. The number of aliphatic hydroxyl groups excluding tert-OH is 5. The normalized spacial score (nSPS) is 32.5. The number of hydrogen-bond acceptors (Lipinski definition) is 10. The SMILES string of the molecule is C[C@H]1[C@H]([Si](C)(C)F)[C@@H](CC(=O)N2Cc3ccccc3C[C@H]2CO)O[C@]12C(=O)N(c1ccccc1)c1ccc(NC(=O)[C@H]3O[C@@H](O)[C@H](O)[C@@H](O)[C@@H]3O)cc12. The predicted octanol–water partition coefficient (Wildman–Crippen LogP) is 2.21. The molecule has 4 heterocycles. The van der Waals surface area contributed by atoms with Gasteiger partial charge < -0.3 is 49.3 Å². The number of aliphatic hydroxyl groups is 5. The van der Waals surface area contributed by atoms with Crippen molar-refractivity contribution in [2.45, 2.75) is 93.4 Å². The molecule has 3 aromatic rings. The molecule has 10 atom stereocenters. The van der Waals surface area contributed by atoms with Crippen LogP contribution in [0.4, 0.5) is 21.2 Å². The summed E-state index contributed by atoms with van der Waals surface area (Å²) < 4.78 is 28.5. The number of anilines is 3. The van der Waals surface area contributed by atoms with Crippen molar-refractivity contribution in [3.63, 3.8) is 0 Å². The van der Waals surface area contributed by atoms with Crippen molar-refractivity contribution in [1.82, 2.24) is 4.90 Å². The summed E-state index contributed by atoms with van der Waals surface area (Å²) in [5.74, 6) is -2.53. The van der Waals surface area contributed by atoms with E-state index in [0.717, 1.165) is 11.1 Å². The first-order chi connectivity index (χ1) is 25.2. The molecule has 1 spiro atoms. The zero-order valence-corrected chi connectivity index (χ0v) is 30.5. The number of rotatable bonds is 7. The third-order valence-corrected chi connectivity index (χ3v) is 13.7. The van der Waals surface area contributed by atoms with E-state index in [2.05, 4.69) is 5.32 Å². The summed E-state index contributed by atoms with van der Waals surface area (Å²) in [5.41, 5.74) is 0.821. The van der Waals surface area contributed by atoms with Crippen LogP contribution in [0.1, 0.15) is 30.0 Å². The first-order valence-corrected chi connectivity index (χ1v) is 20.7. The summed E-state index contributed by atoms with van der Waals surface area (Å²) in [7, 11) is -3.68. The summed E-state index contributed by atoms with van der Waals surface area (Å²) in [6.07, 6.45) is -10.0. The molecule has 4 aliphatic heterocycles. The highest BCUT2D eigenvalue weighted by Crippen LogP contribution is 2.61. The van der Waals surface area contributed by atoms with E-state index >= 15 is 4.11 Å². The Morgan fingerprint density at radius 1 is 0.962 bits per heavy atom. The number of halogens is 1. The van der Waals surface area contributed by atoms with Crippen LogP contribution >= 0.6 is 0 Å². The highest BCUT2D eigenvalue weighted by Gasteiger charge is 2.67. The summed E-state index contributed by atoms with van der Waals surface area (Å²) in [6, 6.07) is 20.7. The van der Waals surface area contributed by atoms with Crippen molar-refractivity contribution in [2.75, 3.05) is 16.8 Å². The topological polar surface area (TPSA) is 189 Å². The molecule has 15 heteroatoms. The molecule has 2 fully saturated rings. The lowest BCUT2D eigenvalue weighted by atomic mass is 9.82. The molecule has 2 saturated heterocycles. The van der Waals surface area contributed by atoms with Gasteiger partial charge in [-0.3, -0.25) is 19.3 Å². The van der Waals surface area contributed by atoms with Gasteiger partial charge in [0.25, 0.3) is 11.8 Å². The predicted molar refractivity (Wildman–Crippen MR) is 192 cm³/mol. The average molecular weight is 750 g/mol. The number of hydrogen-bond donors (Lipinski definition) is 6. The van der Waals surface area contributed by atoms with Gasteiger partial charge in [0.15, 0.2) is 18.0 Å². The van der Waals surface area contributed by atoms with Crippen molar-refractivity contribution in [2.24, 2.45) is 5.92 Å². The van der Waals surface area contributed by atoms with Gasteiger partial charge in [-0.1, -0.05) is 49.4 Å². The molecule has 6 N–H and O–H groups in total. The Labute approximate surface area is 306 Å². The lowest BCUT2D eigenvalue weighted by Gasteiger charge is -2.37. The van der Waals surface area contributed by atoms with Crippen LogP contribution < -0.4 is 10.2 Å². The van der Waals surface area contributed by atoms with E-state index in [4.69, 9.17) is 9.47 Å². The van der Waals surface area contributed by atoms with Gasteiger partial charge in [-0.05, 0) is 61.0 Å². The number of para-hydroxylation sites is 1. The monoisotopic (exact) mass is 749 g/mol. The second kappa shape index (κ2) is 14.0. The maximum atomic E-state index is 16.6. The molecule has 0 unspecified atom stereocenters. The molecular formula is C38H44FN3O10Si. The van der Waals surface area contributed by atoms with E-state index in [1.807, 2.05) is 24.3 Å². The average Bonchev–Trinajstić information content (AvgIpc) is 3.57. The standard InChI is InChI=1S/C38H44FN3O10Si/c1-20-34(53(2,3)39)28(17-29(44)41-18-22-10-8-7-9-21(22)15-25(41)19-43)52-38(20)26-16-23(40-35(48)33-31(46)30(45)32(47)36(49)51-33)13-14-27(26)42(37(38)50)24-11-5-4-6-12-24/h4-14,16,20,25,28,30-34,36,43,45-47,49H,15,17-19H2,1-3H3,(H,40,48)/t20-,25-,28+,30-,31-,32+,33-,34-,36+,38+/m0/s1. The van der Waals surface area contributed by atoms with Gasteiger partial charge >= 0.3 is 0 Å². The van der Waals surface area contributed by atoms with Crippen molar-refractivity contribution in [1.29, 1.82) is 0 Å². The number of benzene rings is 3. The van der Waals surface area contributed by atoms with Gasteiger partial charge in [-0.15, -0.1) is 0 Å². The van der Waals surface area contributed by atoms with Gasteiger partial charge in [0.2, 0.25) is 14.3 Å². The van der Waals surface area contributed by atoms with Crippen LogP contribution in [0.25, 0.3) is 0 Å². The van der Waals surface area contributed by atoms with Crippen LogP contribution in [-0.2, 0) is 42.4 Å². The van der Waals surface area contributed by atoms with E-state index in [0.29, 0.717) is 23.4 Å². The molecule has 3 aromatic carbocycles. The van der Waals surface area contributed by atoms with Gasteiger partial charge in [0.05, 0.1) is 30.9 Å². The third-order valence-electron chi connectivity index (χ3n) is 11.3. The minimum atomic E-state index is -3.68. The largest absolute Gasteiger partial charge is 0.394 e. The zero-order chi connectivity index (χ0) is 38.0. The molecule has 53 heavy (non-hydrogen) atoms. The van der Waals surface area contributed by atoms with Crippen molar-refractivity contribution >= 4 is 43.2 Å². The second-order valence-electron chi connectivity index (χ2n) is 14.9. The van der Waals surface area contributed by atoms with Crippen LogP contribution in [0.5, 0.6) is 0 Å². The lowest BCUT2D eigenvalue weighted by Crippen LogP contribution is -2.60. The quantitative estimate of drug-likeness (QED) is 0.154. The van der Waals surface area contributed by atoms with E-state index in [1.54, 1.807) is 48.2 Å². The zero-order valence-electron chi connectivity index (χ0n) is 29.5. The highest BCUT2D eigenvalue weighted by atomic mass is 28.4. The fourth-order valence-electron chi connectivity index (χ4n) is 8.71. The fraction of sp³-hybridized carbons (Fsp3) is 0.447. The van der Waals surface area contributed by atoms with Crippen molar-refractivity contribution in [3.05, 3.63) is 89.5 Å². The molecule has 3 amide bonds. The van der Waals surface area contributed by atoms with Crippen LogP contribution in [0.3, 0.4) is 0 Å². The molecule has 0 saturated carbocycles. The number of ether oxygens (including phenoxy) is 2. The molecule has 282 valence electrons. The first kappa shape index (κ1) is 37.3. The molecule has 4 aliphatic rings. The van der Waals surface area contributed by atoms with Crippen LogP contribution in [-0.4, -0.2) is 106 Å². The number of carbonyl (C=O) groups excluding carboxylic acids is 3. The lowest BCUT2D eigenvalue weighted by molar-refractivity contribution is -0.274. The first-order valence-electron chi connectivity index (χ1n) is 17.7. The molecule has 13 nitrogen and oxygen atoms in total. The minimum absolute atomic E-state index is 0.142. The maximum absolute atomic E-state index is 16.6. The van der Waals surface area contributed by atoms with Gasteiger partial charge in [-0.2, -0.15) is 0 Å². The molecule has 0 aliphatic carbocycles. The van der Waals surface area contributed by atoms with E-state index in [-0.39, 0.29) is 31.2 Å². The van der Waals surface area contributed by atoms with E-state index < -0.39 is 80.1 Å². The Hall–Kier alpha value is -4.06. The maximum Gasteiger partial charge on any atom is 0.268 e. The number of carbonyl (C=O) groups is 3. The Morgan fingerprint density at radius 3 is 2.32 bits per heavy atom. The molecular weight excluding hydrogens is 706 g/mol. The van der Waals surface area contributed by atoms with Crippen molar-refractivity contribution < 1.29 is 53.5 Å². The van der Waals surface area contributed by atoms with Crippen LogP contribution in [0.2, 0.25) is 18.6 Å². The number of nitrogens with one attached hydrogen (secondary N) is 1. The van der Waals surface area contributed by atoms with Gasteiger partial charge in [-0.25, -0.2) is 0 Å². The van der Waals surface area contributed by atoms with Gasteiger partial charge in [0.1, 0.15) is 18.3 Å². The van der Waals surface area contributed by atoms with Crippen molar-refractivity contribution in [3.8, 4) is 0 Å². The second-order valence-corrected chi connectivity index (χ2v) is 18.7. The summed E-state index contributed by atoms with van der Waals surface area (Å²) >= 11 is 0. The molecule has 0 radical (unpaired) electrons. The van der Waals surface area contributed by atoms with Crippen LogP contribution in [0.15, 0.2) is 72.8 Å². The molecule has 0 bridgehead atoms. The molecule has 7 rings (SSSR count). The fourth-order valence-corrected chi connectivity index (χ4v) is 11.2. The Morgan fingerprint density at radius 2 is 1.64 bits per heavy atom.